The lowest BCUT2D eigenvalue weighted by molar-refractivity contribution is 0.414. The van der Waals surface area contributed by atoms with Crippen LogP contribution < -0.4 is 10.1 Å². The molecule has 1 N–H and O–H groups in total. The van der Waals surface area contributed by atoms with Crippen LogP contribution in [0.4, 0.5) is 0 Å². The van der Waals surface area contributed by atoms with Crippen molar-refractivity contribution >= 4 is 0 Å². The Morgan fingerprint density at radius 1 is 1.25 bits per heavy atom. The number of nitriles is 1. The van der Waals surface area contributed by atoms with Crippen molar-refractivity contribution in [3.05, 3.63) is 29.8 Å². The molecule has 1 aromatic rings. The lowest BCUT2D eigenvalue weighted by atomic mass is 10.1. The minimum absolute atomic E-state index is 0.634. The smallest absolute Gasteiger partial charge is 0.118 e. The van der Waals surface area contributed by atoms with Gasteiger partial charge < -0.3 is 10.1 Å². The van der Waals surface area contributed by atoms with Gasteiger partial charge in [0.15, 0.2) is 0 Å². The summed E-state index contributed by atoms with van der Waals surface area (Å²) < 4.78 is 5.09. The van der Waals surface area contributed by atoms with Gasteiger partial charge in [-0.15, -0.1) is 0 Å². The van der Waals surface area contributed by atoms with Crippen molar-refractivity contribution in [3.63, 3.8) is 0 Å². The molecule has 0 fully saturated rings. The summed E-state index contributed by atoms with van der Waals surface area (Å²) in [5, 5.41) is 11.7. The van der Waals surface area contributed by atoms with Crippen LogP contribution in [-0.4, -0.2) is 20.2 Å². The first-order valence-electron chi connectivity index (χ1n) is 5.57. The van der Waals surface area contributed by atoms with Crippen molar-refractivity contribution < 1.29 is 4.74 Å². The Hall–Kier alpha value is -1.53. The number of ether oxygens (including phenoxy) is 1. The van der Waals surface area contributed by atoms with Crippen LogP contribution in [0, 0.1) is 11.3 Å². The second kappa shape index (κ2) is 7.72. The van der Waals surface area contributed by atoms with E-state index in [4.69, 9.17) is 10.00 Å². The van der Waals surface area contributed by atoms with Crippen LogP contribution in [0.1, 0.15) is 18.4 Å². The van der Waals surface area contributed by atoms with Crippen LogP contribution in [0.15, 0.2) is 24.3 Å². The highest BCUT2D eigenvalue weighted by molar-refractivity contribution is 5.27. The van der Waals surface area contributed by atoms with E-state index in [0.717, 1.165) is 31.7 Å². The first kappa shape index (κ1) is 12.5. The number of methoxy groups -OCH3 is 1. The molecule has 0 aliphatic rings. The predicted molar refractivity (Wildman–Crippen MR) is 64.4 cm³/mol. The van der Waals surface area contributed by atoms with Crippen molar-refractivity contribution in [1.82, 2.24) is 5.32 Å². The monoisotopic (exact) mass is 218 g/mol. The second-order valence-electron chi connectivity index (χ2n) is 3.61. The van der Waals surface area contributed by atoms with Crippen LogP contribution >= 0.6 is 0 Å². The van der Waals surface area contributed by atoms with Gasteiger partial charge in [-0.1, -0.05) is 12.1 Å². The largest absolute Gasteiger partial charge is 0.497 e. The van der Waals surface area contributed by atoms with Crippen molar-refractivity contribution in [1.29, 1.82) is 5.26 Å². The van der Waals surface area contributed by atoms with E-state index in [2.05, 4.69) is 23.5 Å². The lowest BCUT2D eigenvalue weighted by Gasteiger charge is -2.04. The molecule has 0 aromatic heterocycles. The maximum Gasteiger partial charge on any atom is 0.118 e. The van der Waals surface area contributed by atoms with E-state index in [-0.39, 0.29) is 0 Å². The molecule has 86 valence electrons. The molecule has 3 nitrogen and oxygen atoms in total. The molecule has 1 aromatic carbocycles. The fourth-order valence-corrected chi connectivity index (χ4v) is 1.44. The number of hydrogen-bond donors (Lipinski definition) is 1. The Bertz CT molecular complexity index is 327. The van der Waals surface area contributed by atoms with Crippen molar-refractivity contribution in [2.45, 2.75) is 19.3 Å². The maximum atomic E-state index is 8.36. The number of unbranched alkanes of at least 4 members (excludes halogenated alkanes) is 1. The fraction of sp³-hybridized carbons (Fsp3) is 0.462. The molecule has 0 aliphatic carbocycles. The topological polar surface area (TPSA) is 45.0 Å². The minimum Gasteiger partial charge on any atom is -0.497 e. The minimum atomic E-state index is 0.634. The Labute approximate surface area is 97.0 Å². The van der Waals surface area contributed by atoms with E-state index >= 15 is 0 Å². The third-order valence-electron chi connectivity index (χ3n) is 2.39. The molecule has 0 aliphatic heterocycles. The second-order valence-corrected chi connectivity index (χ2v) is 3.61. The summed E-state index contributed by atoms with van der Waals surface area (Å²) in [6.45, 7) is 1.88. The third-order valence-corrected chi connectivity index (χ3v) is 2.39. The van der Waals surface area contributed by atoms with Crippen molar-refractivity contribution in [2.24, 2.45) is 0 Å². The Kier molecular flexibility index (Phi) is 6.05. The van der Waals surface area contributed by atoms with Crippen molar-refractivity contribution in [3.8, 4) is 11.8 Å². The summed E-state index contributed by atoms with van der Waals surface area (Å²) in [4.78, 5) is 0. The van der Waals surface area contributed by atoms with Crippen LogP contribution in [0.3, 0.4) is 0 Å². The number of rotatable bonds is 7. The zero-order valence-corrected chi connectivity index (χ0v) is 9.70. The molecule has 0 saturated heterocycles. The molecule has 0 heterocycles. The van der Waals surface area contributed by atoms with Gasteiger partial charge in [-0.3, -0.25) is 0 Å². The van der Waals surface area contributed by atoms with Gasteiger partial charge >= 0.3 is 0 Å². The molecule has 0 spiro atoms. The first-order valence-corrected chi connectivity index (χ1v) is 5.57. The Balaban J connectivity index is 2.15. The molecule has 0 saturated carbocycles. The van der Waals surface area contributed by atoms with Gasteiger partial charge in [-0.25, -0.2) is 0 Å². The highest BCUT2D eigenvalue weighted by Gasteiger charge is 1.94. The predicted octanol–water partition coefficient (Wildman–Crippen LogP) is 2.13. The van der Waals surface area contributed by atoms with Gasteiger partial charge in [-0.2, -0.15) is 5.26 Å². The Morgan fingerprint density at radius 2 is 2.00 bits per heavy atom. The quantitative estimate of drug-likeness (QED) is 0.713. The number of benzene rings is 1. The van der Waals surface area contributed by atoms with E-state index < -0.39 is 0 Å². The highest BCUT2D eigenvalue weighted by Crippen LogP contribution is 2.11. The van der Waals surface area contributed by atoms with Crippen LogP contribution in [0.2, 0.25) is 0 Å². The third kappa shape index (κ3) is 4.81. The van der Waals surface area contributed by atoms with E-state index in [1.54, 1.807) is 7.11 Å². The molecular formula is C13H18N2O. The zero-order chi connectivity index (χ0) is 11.6. The van der Waals surface area contributed by atoms with Gasteiger partial charge in [0.25, 0.3) is 0 Å². The summed E-state index contributed by atoms with van der Waals surface area (Å²) in [6.07, 6.45) is 2.57. The number of nitrogens with one attached hydrogen (secondary N) is 1. The van der Waals surface area contributed by atoms with E-state index in [0.29, 0.717) is 6.42 Å². The molecule has 16 heavy (non-hydrogen) atoms. The molecule has 1 rings (SSSR count). The molecule has 0 amide bonds. The number of hydrogen-bond acceptors (Lipinski definition) is 3. The molecule has 0 atom stereocenters. The normalized spacial score (nSPS) is 9.75. The van der Waals surface area contributed by atoms with Crippen LogP contribution in [-0.2, 0) is 6.42 Å². The summed E-state index contributed by atoms with van der Waals surface area (Å²) in [5.74, 6) is 0.894. The average molecular weight is 218 g/mol. The lowest BCUT2D eigenvalue weighted by Crippen LogP contribution is -2.18. The van der Waals surface area contributed by atoms with E-state index in [9.17, 15) is 0 Å². The summed E-state index contributed by atoms with van der Waals surface area (Å²) in [6, 6.07) is 10.2. The van der Waals surface area contributed by atoms with Gasteiger partial charge in [0.1, 0.15) is 5.75 Å². The summed E-state index contributed by atoms with van der Waals surface area (Å²) in [7, 11) is 1.67. The highest BCUT2D eigenvalue weighted by atomic mass is 16.5. The van der Waals surface area contributed by atoms with E-state index in [1.165, 1.54) is 5.56 Å². The zero-order valence-electron chi connectivity index (χ0n) is 9.70. The fourth-order valence-electron chi connectivity index (χ4n) is 1.44. The summed E-state index contributed by atoms with van der Waals surface area (Å²) >= 11 is 0. The Morgan fingerprint density at radius 3 is 2.62 bits per heavy atom. The van der Waals surface area contributed by atoms with Crippen LogP contribution in [0.25, 0.3) is 0 Å². The van der Waals surface area contributed by atoms with Crippen LogP contribution in [0.5, 0.6) is 5.75 Å². The molecule has 0 bridgehead atoms. The van der Waals surface area contributed by atoms with Gasteiger partial charge in [0.05, 0.1) is 13.2 Å². The first-order chi connectivity index (χ1) is 7.86. The van der Waals surface area contributed by atoms with E-state index in [1.807, 2.05) is 12.1 Å². The number of nitrogens with zero attached hydrogens (tertiary/aromatic N) is 1. The molecule has 3 heteroatoms. The standard InChI is InChI=1S/C13H18N2O/c1-16-13-6-4-12(5-7-13)8-11-15-10-3-2-9-14/h4-7,15H,2-3,8,10-11H2,1H3. The van der Waals surface area contributed by atoms with Gasteiger partial charge in [0, 0.05) is 6.42 Å². The molecule has 0 unspecified atom stereocenters. The van der Waals surface area contributed by atoms with Gasteiger partial charge in [-0.05, 0) is 43.6 Å². The average Bonchev–Trinajstić information content (AvgIpc) is 2.34. The maximum absolute atomic E-state index is 8.36. The molecule has 0 radical (unpaired) electrons. The van der Waals surface area contributed by atoms with Gasteiger partial charge in [0.2, 0.25) is 0 Å². The van der Waals surface area contributed by atoms with Crippen molar-refractivity contribution in [2.75, 3.05) is 20.2 Å². The summed E-state index contributed by atoms with van der Waals surface area (Å²) in [5.41, 5.74) is 1.30. The SMILES string of the molecule is COc1ccc(CCNCCCC#N)cc1. The molecular weight excluding hydrogens is 200 g/mol.